The second-order valence-corrected chi connectivity index (χ2v) is 5.60. The van der Waals surface area contributed by atoms with Gasteiger partial charge in [0.1, 0.15) is 17.7 Å². The van der Waals surface area contributed by atoms with E-state index in [2.05, 4.69) is 16.9 Å². The number of pyridine rings is 1. The fourth-order valence-electron chi connectivity index (χ4n) is 2.54. The predicted octanol–water partition coefficient (Wildman–Crippen LogP) is 3.20. The largest absolute Gasteiger partial charge is 0.494 e. The highest BCUT2D eigenvalue weighted by molar-refractivity contribution is 5.29. The first-order valence-electron chi connectivity index (χ1n) is 8.08. The smallest absolute Gasteiger partial charge is 0.142 e. The van der Waals surface area contributed by atoms with Gasteiger partial charge < -0.3 is 14.4 Å². The molecular formula is C19H21N3O2. The second kappa shape index (κ2) is 7.75. The molecular weight excluding hydrogens is 302 g/mol. The minimum Gasteiger partial charge on any atom is -0.494 e. The van der Waals surface area contributed by atoms with Gasteiger partial charge >= 0.3 is 0 Å². The highest BCUT2D eigenvalue weighted by Crippen LogP contribution is 2.21. The van der Waals surface area contributed by atoms with Crippen LogP contribution in [-0.4, -0.2) is 26.2 Å². The molecule has 1 N–H and O–H groups in total. The zero-order chi connectivity index (χ0) is 16.8. The molecule has 24 heavy (non-hydrogen) atoms. The quantitative estimate of drug-likeness (QED) is 0.725. The predicted molar refractivity (Wildman–Crippen MR) is 91.9 cm³/mol. The van der Waals surface area contributed by atoms with Gasteiger partial charge in [-0.15, -0.1) is 0 Å². The molecule has 2 heterocycles. The Morgan fingerprint density at radius 1 is 1.21 bits per heavy atom. The summed E-state index contributed by atoms with van der Waals surface area (Å²) in [7, 11) is 0. The van der Waals surface area contributed by atoms with Gasteiger partial charge in [0.05, 0.1) is 6.61 Å². The highest BCUT2D eigenvalue weighted by Gasteiger charge is 2.16. The number of hydrogen-bond donors (Lipinski definition) is 1. The first kappa shape index (κ1) is 16.2. The summed E-state index contributed by atoms with van der Waals surface area (Å²) in [5, 5.41) is 10.6. The third kappa shape index (κ3) is 3.81. The molecule has 0 aliphatic rings. The molecule has 1 atom stereocenters. The second-order valence-electron chi connectivity index (χ2n) is 5.60. The van der Waals surface area contributed by atoms with Gasteiger partial charge in [0.15, 0.2) is 0 Å². The molecule has 124 valence electrons. The number of aromatic nitrogens is 3. The molecule has 3 rings (SSSR count). The molecule has 0 radical (unpaired) electrons. The van der Waals surface area contributed by atoms with E-state index in [1.807, 2.05) is 41.1 Å². The first-order valence-corrected chi connectivity index (χ1v) is 8.08. The molecule has 0 aliphatic carbocycles. The first-order chi connectivity index (χ1) is 11.8. The van der Waals surface area contributed by atoms with Crippen molar-refractivity contribution < 1.29 is 9.84 Å². The molecule has 0 spiro atoms. The average Bonchev–Trinajstić information content (AvgIpc) is 3.08. The molecule has 5 heteroatoms. The van der Waals surface area contributed by atoms with E-state index in [0.717, 1.165) is 23.3 Å². The van der Waals surface area contributed by atoms with E-state index in [4.69, 9.17) is 4.74 Å². The van der Waals surface area contributed by atoms with Gasteiger partial charge in [-0.25, -0.2) is 4.98 Å². The summed E-state index contributed by atoms with van der Waals surface area (Å²) in [5.74, 6) is 1.46. The van der Waals surface area contributed by atoms with Crippen LogP contribution in [0.25, 0.3) is 0 Å². The van der Waals surface area contributed by atoms with Crippen molar-refractivity contribution in [3.63, 3.8) is 0 Å². The van der Waals surface area contributed by atoms with Gasteiger partial charge in [0.25, 0.3) is 0 Å². The number of hydrogen-bond acceptors (Lipinski definition) is 4. The molecule has 0 bridgehead atoms. The summed E-state index contributed by atoms with van der Waals surface area (Å²) < 4.78 is 7.62. The van der Waals surface area contributed by atoms with E-state index < -0.39 is 6.10 Å². The Kier molecular flexibility index (Phi) is 5.23. The number of rotatable bonds is 7. The number of aliphatic hydroxyl groups excluding tert-OH is 1. The van der Waals surface area contributed by atoms with E-state index in [1.54, 1.807) is 24.7 Å². The maximum Gasteiger partial charge on any atom is 0.142 e. The minimum absolute atomic E-state index is 0.600. The summed E-state index contributed by atoms with van der Waals surface area (Å²) in [6, 6.07) is 11.7. The zero-order valence-corrected chi connectivity index (χ0v) is 13.7. The maximum atomic E-state index is 10.6. The summed E-state index contributed by atoms with van der Waals surface area (Å²) in [4.78, 5) is 8.37. The zero-order valence-electron chi connectivity index (χ0n) is 13.7. The lowest BCUT2D eigenvalue weighted by Gasteiger charge is -2.14. The van der Waals surface area contributed by atoms with Gasteiger partial charge in [0.2, 0.25) is 0 Å². The molecule has 1 aromatic carbocycles. The third-order valence-electron chi connectivity index (χ3n) is 3.72. The Balaban J connectivity index is 1.79. The fourth-order valence-corrected chi connectivity index (χ4v) is 2.54. The normalized spacial score (nSPS) is 12.1. The van der Waals surface area contributed by atoms with Gasteiger partial charge in [-0.1, -0.05) is 25.1 Å². The molecule has 1 unspecified atom stereocenters. The van der Waals surface area contributed by atoms with Crippen LogP contribution < -0.4 is 4.74 Å². The van der Waals surface area contributed by atoms with Crippen molar-refractivity contribution in [2.75, 3.05) is 6.61 Å². The van der Waals surface area contributed by atoms with Gasteiger partial charge in [0, 0.05) is 36.9 Å². The molecule has 0 saturated carbocycles. The van der Waals surface area contributed by atoms with Crippen LogP contribution in [0.1, 0.15) is 36.4 Å². The van der Waals surface area contributed by atoms with E-state index in [1.165, 1.54) is 0 Å². The lowest BCUT2D eigenvalue weighted by Crippen LogP contribution is -2.11. The van der Waals surface area contributed by atoms with Crippen LogP contribution in [0.5, 0.6) is 5.75 Å². The van der Waals surface area contributed by atoms with Gasteiger partial charge in [-0.3, -0.25) is 4.98 Å². The van der Waals surface area contributed by atoms with Crippen molar-refractivity contribution in [1.29, 1.82) is 0 Å². The number of nitrogens with zero attached hydrogens (tertiary/aromatic N) is 3. The van der Waals surface area contributed by atoms with Crippen LogP contribution in [0.2, 0.25) is 0 Å². The van der Waals surface area contributed by atoms with Crippen molar-refractivity contribution >= 4 is 0 Å². The Labute approximate surface area is 141 Å². The Morgan fingerprint density at radius 3 is 2.92 bits per heavy atom. The van der Waals surface area contributed by atoms with Crippen LogP contribution in [0.3, 0.4) is 0 Å². The number of imidazole rings is 1. The van der Waals surface area contributed by atoms with Crippen LogP contribution in [-0.2, 0) is 6.54 Å². The van der Waals surface area contributed by atoms with Gasteiger partial charge in [-0.05, 0) is 30.2 Å². The fraction of sp³-hybridized carbons (Fsp3) is 0.263. The number of benzene rings is 1. The van der Waals surface area contributed by atoms with E-state index in [9.17, 15) is 5.11 Å². The summed E-state index contributed by atoms with van der Waals surface area (Å²) in [6.45, 7) is 3.41. The monoisotopic (exact) mass is 323 g/mol. The third-order valence-corrected chi connectivity index (χ3v) is 3.72. The van der Waals surface area contributed by atoms with Crippen LogP contribution in [0, 0.1) is 0 Å². The van der Waals surface area contributed by atoms with Crippen molar-refractivity contribution in [3.8, 4) is 5.75 Å². The average molecular weight is 323 g/mol. The SMILES string of the molecule is CCCOc1cccc(Cn2ccnc2C(O)c2cccnc2)c1. The summed E-state index contributed by atoms with van der Waals surface area (Å²) in [5.41, 5.74) is 1.83. The van der Waals surface area contributed by atoms with Crippen molar-refractivity contribution in [2.45, 2.75) is 26.0 Å². The van der Waals surface area contributed by atoms with Crippen molar-refractivity contribution in [3.05, 3.63) is 78.1 Å². The standard InChI is InChI=1S/C19H21N3O2/c1-2-11-24-17-7-3-5-15(12-17)14-22-10-9-21-19(22)18(23)16-6-4-8-20-13-16/h3-10,12-13,18,23H,2,11,14H2,1H3. The van der Waals surface area contributed by atoms with Crippen LogP contribution in [0.15, 0.2) is 61.2 Å². The summed E-state index contributed by atoms with van der Waals surface area (Å²) >= 11 is 0. The molecule has 5 nitrogen and oxygen atoms in total. The van der Waals surface area contributed by atoms with E-state index >= 15 is 0 Å². The minimum atomic E-state index is -0.798. The Morgan fingerprint density at radius 2 is 2.12 bits per heavy atom. The Bertz CT molecular complexity index is 771. The number of ether oxygens (including phenoxy) is 1. The number of aliphatic hydroxyl groups is 1. The van der Waals surface area contributed by atoms with E-state index in [0.29, 0.717) is 19.0 Å². The molecule has 3 aromatic rings. The topological polar surface area (TPSA) is 60.2 Å². The van der Waals surface area contributed by atoms with Crippen LogP contribution >= 0.6 is 0 Å². The molecule has 0 aliphatic heterocycles. The van der Waals surface area contributed by atoms with Crippen molar-refractivity contribution in [2.24, 2.45) is 0 Å². The van der Waals surface area contributed by atoms with E-state index in [-0.39, 0.29) is 0 Å². The summed E-state index contributed by atoms with van der Waals surface area (Å²) in [6.07, 6.45) is 7.09. The molecule has 0 amide bonds. The molecule has 2 aromatic heterocycles. The maximum absolute atomic E-state index is 10.6. The lowest BCUT2D eigenvalue weighted by atomic mass is 10.1. The van der Waals surface area contributed by atoms with Crippen LogP contribution in [0.4, 0.5) is 0 Å². The lowest BCUT2D eigenvalue weighted by molar-refractivity contribution is 0.205. The highest BCUT2D eigenvalue weighted by atomic mass is 16.5. The molecule has 0 saturated heterocycles. The van der Waals surface area contributed by atoms with Gasteiger partial charge in [-0.2, -0.15) is 0 Å². The van der Waals surface area contributed by atoms with Crippen molar-refractivity contribution in [1.82, 2.24) is 14.5 Å². The molecule has 0 fully saturated rings. The Hall–Kier alpha value is -2.66.